The molecule has 0 atom stereocenters. The average Bonchev–Trinajstić information content (AvgIpc) is 2.65. The highest BCUT2D eigenvalue weighted by Crippen LogP contribution is 2.28. The van der Waals surface area contributed by atoms with Gasteiger partial charge in [0.2, 0.25) is 15.9 Å². The van der Waals surface area contributed by atoms with E-state index in [4.69, 9.17) is 0 Å². The second kappa shape index (κ2) is 9.75. The molecule has 156 valence electrons. The molecule has 0 saturated carbocycles. The molecule has 0 aromatic heterocycles. The molecule has 8 nitrogen and oxygen atoms in total. The van der Waals surface area contributed by atoms with Crippen molar-refractivity contribution in [2.75, 3.05) is 28.7 Å². The van der Waals surface area contributed by atoms with Crippen molar-refractivity contribution in [1.29, 1.82) is 0 Å². The molecule has 0 fully saturated rings. The molecule has 2 aromatic carbocycles. The summed E-state index contributed by atoms with van der Waals surface area (Å²) in [5.41, 5.74) is 1.33. The summed E-state index contributed by atoms with van der Waals surface area (Å²) in [5, 5.41) is 13.8. The van der Waals surface area contributed by atoms with Crippen molar-refractivity contribution < 1.29 is 18.1 Å². The van der Waals surface area contributed by atoms with Gasteiger partial charge in [-0.2, -0.15) is 0 Å². The van der Waals surface area contributed by atoms with E-state index < -0.39 is 14.9 Å². The van der Waals surface area contributed by atoms with Gasteiger partial charge in [0.15, 0.2) is 0 Å². The first kappa shape index (κ1) is 22.7. The maximum absolute atomic E-state index is 12.3. The fourth-order valence-corrected chi connectivity index (χ4v) is 4.23. The van der Waals surface area contributed by atoms with Crippen LogP contribution >= 0.6 is 11.8 Å². The Morgan fingerprint density at radius 2 is 1.97 bits per heavy atom. The molecule has 0 radical (unpaired) electrons. The van der Waals surface area contributed by atoms with E-state index in [1.807, 2.05) is 24.5 Å². The number of carbonyl (C=O) groups is 1. The number of carbonyl (C=O) groups excluding carboxylic acids is 1. The number of nitro benzene ring substituents is 1. The van der Waals surface area contributed by atoms with Gasteiger partial charge in [-0.25, -0.2) is 8.42 Å². The van der Waals surface area contributed by atoms with E-state index in [9.17, 15) is 23.3 Å². The van der Waals surface area contributed by atoms with Crippen LogP contribution in [0.2, 0.25) is 0 Å². The highest BCUT2D eigenvalue weighted by atomic mass is 32.2. The Morgan fingerprint density at radius 3 is 2.59 bits per heavy atom. The second-order valence-corrected chi connectivity index (χ2v) is 9.23. The Labute approximate surface area is 174 Å². The van der Waals surface area contributed by atoms with Crippen molar-refractivity contribution in [3.63, 3.8) is 0 Å². The van der Waals surface area contributed by atoms with Crippen LogP contribution in [-0.2, 0) is 14.8 Å². The maximum Gasteiger partial charge on any atom is 0.271 e. The Hall–Kier alpha value is -2.59. The first-order valence-corrected chi connectivity index (χ1v) is 11.9. The zero-order chi connectivity index (χ0) is 21.6. The van der Waals surface area contributed by atoms with Gasteiger partial charge in [0.25, 0.3) is 5.69 Å². The van der Waals surface area contributed by atoms with Crippen molar-refractivity contribution >= 4 is 44.8 Å². The fourth-order valence-electron chi connectivity index (χ4n) is 2.75. The maximum atomic E-state index is 12.3. The van der Waals surface area contributed by atoms with Gasteiger partial charge in [0, 0.05) is 35.7 Å². The minimum Gasteiger partial charge on any atom is -0.326 e. The normalized spacial score (nSPS) is 11.1. The average molecular weight is 438 g/mol. The molecule has 2 rings (SSSR count). The molecule has 0 unspecified atom stereocenters. The molecule has 0 aliphatic heterocycles. The number of anilines is 2. The minimum atomic E-state index is -3.67. The predicted molar refractivity (Wildman–Crippen MR) is 116 cm³/mol. The molecule has 0 saturated heterocycles. The molecule has 10 heteroatoms. The number of sulfonamides is 1. The standard InChI is InChI=1S/C19H23N3O5S2/c1-14-9-10-16(22(24)25)13-18(14)21(29(3,26)27)11-5-8-19(23)20-15-6-4-7-17(12-15)28-2/h4,6-7,9-10,12-13H,5,8,11H2,1-3H3,(H,20,23). The fraction of sp³-hybridized carbons (Fsp3) is 0.316. The van der Waals surface area contributed by atoms with Gasteiger partial charge in [-0.3, -0.25) is 19.2 Å². The Morgan fingerprint density at radius 1 is 1.24 bits per heavy atom. The number of nitrogens with one attached hydrogen (secondary N) is 1. The summed E-state index contributed by atoms with van der Waals surface area (Å²) in [6.07, 6.45) is 3.36. The number of aryl methyl sites for hydroxylation is 1. The van der Waals surface area contributed by atoms with Crippen LogP contribution in [0.1, 0.15) is 18.4 Å². The first-order chi connectivity index (χ1) is 13.6. The van der Waals surface area contributed by atoms with Gasteiger partial charge >= 0.3 is 0 Å². The first-order valence-electron chi connectivity index (χ1n) is 8.78. The lowest BCUT2D eigenvalue weighted by Crippen LogP contribution is -2.32. The van der Waals surface area contributed by atoms with Crippen LogP contribution in [0, 0.1) is 17.0 Å². The van der Waals surface area contributed by atoms with E-state index in [0.717, 1.165) is 15.5 Å². The van der Waals surface area contributed by atoms with Crippen molar-refractivity contribution in [2.24, 2.45) is 0 Å². The highest BCUT2D eigenvalue weighted by molar-refractivity contribution is 7.98. The Balaban J connectivity index is 2.08. The van der Waals surface area contributed by atoms with E-state index in [1.165, 1.54) is 18.2 Å². The number of hydrogen-bond donors (Lipinski definition) is 1. The number of amides is 1. The molecular weight excluding hydrogens is 414 g/mol. The minimum absolute atomic E-state index is 0.0408. The lowest BCUT2D eigenvalue weighted by atomic mass is 10.1. The van der Waals surface area contributed by atoms with E-state index in [1.54, 1.807) is 24.8 Å². The summed E-state index contributed by atoms with van der Waals surface area (Å²) in [4.78, 5) is 23.7. The zero-order valence-corrected chi connectivity index (χ0v) is 18.0. The van der Waals surface area contributed by atoms with E-state index in [0.29, 0.717) is 11.3 Å². The molecule has 0 aliphatic carbocycles. The molecule has 29 heavy (non-hydrogen) atoms. The van der Waals surface area contributed by atoms with Gasteiger partial charge in [-0.05, 0) is 43.4 Å². The molecular formula is C19H23N3O5S2. The predicted octanol–water partition coefficient (Wildman–Crippen LogP) is 3.81. The number of nitro groups is 1. The number of nitrogens with zero attached hydrogens (tertiary/aromatic N) is 2. The van der Waals surface area contributed by atoms with Gasteiger partial charge < -0.3 is 5.32 Å². The van der Waals surface area contributed by atoms with Crippen molar-refractivity contribution in [2.45, 2.75) is 24.7 Å². The van der Waals surface area contributed by atoms with Crippen LogP contribution in [0.25, 0.3) is 0 Å². The number of hydrogen-bond acceptors (Lipinski definition) is 6. The Bertz CT molecular complexity index is 1010. The molecule has 2 aromatic rings. The quantitative estimate of drug-likeness (QED) is 0.363. The van der Waals surface area contributed by atoms with Crippen molar-refractivity contribution in [3.8, 4) is 0 Å². The van der Waals surface area contributed by atoms with Crippen LogP contribution in [-0.4, -0.2) is 38.3 Å². The van der Waals surface area contributed by atoms with Crippen LogP contribution < -0.4 is 9.62 Å². The number of benzene rings is 2. The number of non-ortho nitro benzene ring substituents is 1. The van der Waals surface area contributed by atoms with Crippen molar-refractivity contribution in [3.05, 3.63) is 58.1 Å². The van der Waals surface area contributed by atoms with E-state index in [2.05, 4.69) is 5.32 Å². The van der Waals surface area contributed by atoms with Crippen LogP contribution in [0.5, 0.6) is 0 Å². The molecule has 0 heterocycles. The SMILES string of the molecule is CSc1cccc(NC(=O)CCCN(c2cc([N+](=O)[O-])ccc2C)S(C)(=O)=O)c1. The second-order valence-electron chi connectivity index (χ2n) is 6.45. The topological polar surface area (TPSA) is 110 Å². The van der Waals surface area contributed by atoms with Crippen LogP contribution in [0.3, 0.4) is 0 Å². The third-order valence-electron chi connectivity index (χ3n) is 4.19. The summed E-state index contributed by atoms with van der Waals surface area (Å²) in [7, 11) is -3.67. The van der Waals surface area contributed by atoms with Crippen LogP contribution in [0.4, 0.5) is 17.1 Å². The molecule has 0 spiro atoms. The monoisotopic (exact) mass is 437 g/mol. The summed E-state index contributed by atoms with van der Waals surface area (Å²) < 4.78 is 25.6. The summed E-state index contributed by atoms with van der Waals surface area (Å²) in [6, 6.07) is 11.5. The van der Waals surface area contributed by atoms with Crippen LogP contribution in [0.15, 0.2) is 47.4 Å². The van der Waals surface area contributed by atoms with E-state index in [-0.39, 0.29) is 36.7 Å². The zero-order valence-electron chi connectivity index (χ0n) is 16.4. The summed E-state index contributed by atoms with van der Waals surface area (Å²) >= 11 is 1.56. The molecule has 1 N–H and O–H groups in total. The number of thioether (sulfide) groups is 1. The molecule has 0 aliphatic rings. The van der Waals surface area contributed by atoms with Gasteiger partial charge in [-0.15, -0.1) is 11.8 Å². The van der Waals surface area contributed by atoms with Crippen molar-refractivity contribution in [1.82, 2.24) is 0 Å². The summed E-state index contributed by atoms with van der Waals surface area (Å²) in [6.45, 7) is 1.72. The Kier molecular flexibility index (Phi) is 7.63. The van der Waals surface area contributed by atoms with Gasteiger partial charge in [0.1, 0.15) is 0 Å². The molecule has 1 amide bonds. The molecule has 0 bridgehead atoms. The number of rotatable bonds is 9. The lowest BCUT2D eigenvalue weighted by Gasteiger charge is -2.24. The smallest absolute Gasteiger partial charge is 0.271 e. The highest BCUT2D eigenvalue weighted by Gasteiger charge is 2.22. The third-order valence-corrected chi connectivity index (χ3v) is 6.10. The summed E-state index contributed by atoms with van der Waals surface area (Å²) in [5.74, 6) is -0.229. The lowest BCUT2D eigenvalue weighted by molar-refractivity contribution is -0.384. The largest absolute Gasteiger partial charge is 0.326 e. The van der Waals surface area contributed by atoms with E-state index >= 15 is 0 Å². The van der Waals surface area contributed by atoms with Gasteiger partial charge in [-0.1, -0.05) is 12.1 Å². The van der Waals surface area contributed by atoms with Gasteiger partial charge in [0.05, 0.1) is 16.9 Å². The third kappa shape index (κ3) is 6.47.